The molecule has 22 heavy (non-hydrogen) atoms. The molecule has 0 unspecified atom stereocenters. The zero-order valence-corrected chi connectivity index (χ0v) is 14.5. The van der Waals surface area contributed by atoms with Gasteiger partial charge >= 0.3 is 0 Å². The number of hydrogen-bond acceptors (Lipinski definition) is 4. The van der Waals surface area contributed by atoms with Gasteiger partial charge in [-0.2, -0.15) is 0 Å². The van der Waals surface area contributed by atoms with Gasteiger partial charge in [0.15, 0.2) is 0 Å². The quantitative estimate of drug-likeness (QED) is 0.835. The number of methoxy groups -OCH3 is 1. The number of carbonyl (C=O) groups excluding carboxylic acids is 1. The predicted octanol–water partition coefficient (Wildman–Crippen LogP) is 1.91. The third-order valence-corrected chi connectivity index (χ3v) is 4.47. The Morgan fingerprint density at radius 1 is 1.27 bits per heavy atom. The van der Waals surface area contributed by atoms with Crippen molar-refractivity contribution in [1.29, 1.82) is 0 Å². The predicted molar refractivity (Wildman–Crippen MR) is 85.7 cm³/mol. The molecule has 0 aliphatic heterocycles. The van der Waals surface area contributed by atoms with Crippen molar-refractivity contribution in [3.05, 3.63) is 23.8 Å². The van der Waals surface area contributed by atoms with Crippen LogP contribution >= 0.6 is 0 Å². The molecule has 0 bridgehead atoms. The van der Waals surface area contributed by atoms with Crippen LogP contribution in [0.25, 0.3) is 0 Å². The zero-order chi connectivity index (χ0) is 17.0. The molecule has 6 nitrogen and oxygen atoms in total. The molecule has 1 amide bonds. The summed E-state index contributed by atoms with van der Waals surface area (Å²) in [6.45, 7) is 7.71. The highest BCUT2D eigenvalue weighted by Crippen LogP contribution is 2.26. The first-order chi connectivity index (χ1) is 10.1. The van der Waals surface area contributed by atoms with Gasteiger partial charge in [0.1, 0.15) is 10.6 Å². The highest BCUT2D eigenvalue weighted by molar-refractivity contribution is 7.89. The van der Waals surface area contributed by atoms with Crippen molar-refractivity contribution in [3.63, 3.8) is 0 Å². The van der Waals surface area contributed by atoms with E-state index < -0.39 is 15.6 Å². The number of nitrogens with one attached hydrogen (secondary N) is 2. The van der Waals surface area contributed by atoms with Crippen molar-refractivity contribution in [3.8, 4) is 5.75 Å². The van der Waals surface area contributed by atoms with E-state index in [4.69, 9.17) is 4.74 Å². The summed E-state index contributed by atoms with van der Waals surface area (Å²) in [5.74, 6) is -0.111. The highest BCUT2D eigenvalue weighted by Gasteiger charge is 2.26. The van der Waals surface area contributed by atoms with Gasteiger partial charge in [-0.3, -0.25) is 4.79 Å². The average molecular weight is 328 g/mol. The van der Waals surface area contributed by atoms with E-state index in [2.05, 4.69) is 10.0 Å². The number of benzene rings is 1. The van der Waals surface area contributed by atoms with Crippen LogP contribution in [0, 0.1) is 0 Å². The molecule has 2 N–H and O–H groups in total. The van der Waals surface area contributed by atoms with E-state index in [0.717, 1.165) is 6.42 Å². The molecule has 0 radical (unpaired) electrons. The second kappa shape index (κ2) is 7.11. The van der Waals surface area contributed by atoms with Gasteiger partial charge in [0.25, 0.3) is 5.91 Å². The monoisotopic (exact) mass is 328 g/mol. The Morgan fingerprint density at radius 3 is 2.41 bits per heavy atom. The van der Waals surface area contributed by atoms with Crippen molar-refractivity contribution in [1.82, 2.24) is 10.0 Å². The molecule has 0 aromatic heterocycles. The van der Waals surface area contributed by atoms with Crippen LogP contribution in [0.15, 0.2) is 23.1 Å². The molecule has 1 rings (SSSR count). The number of ether oxygens (including phenoxy) is 1. The van der Waals surface area contributed by atoms with E-state index in [1.807, 2.05) is 6.92 Å². The molecule has 0 aliphatic carbocycles. The third-order valence-electron chi connectivity index (χ3n) is 2.69. The SMILES string of the molecule is CCCNC(=O)c1ccc(OC)c(S(=O)(=O)NC(C)(C)C)c1. The molecular formula is C15H24N2O4S. The molecule has 0 fully saturated rings. The zero-order valence-electron chi connectivity index (χ0n) is 13.7. The number of sulfonamides is 1. The normalized spacial score (nSPS) is 12.0. The average Bonchev–Trinajstić information content (AvgIpc) is 2.41. The van der Waals surface area contributed by atoms with Crippen LogP contribution in [0.3, 0.4) is 0 Å². The standard InChI is InChI=1S/C15H24N2O4S/c1-6-9-16-14(18)11-7-8-12(21-5)13(10-11)22(19,20)17-15(2,3)4/h7-8,10,17H,6,9H2,1-5H3,(H,16,18). The lowest BCUT2D eigenvalue weighted by molar-refractivity contribution is 0.0953. The third kappa shape index (κ3) is 4.99. The lowest BCUT2D eigenvalue weighted by Gasteiger charge is -2.21. The summed E-state index contributed by atoms with van der Waals surface area (Å²) in [7, 11) is -2.40. The minimum Gasteiger partial charge on any atom is -0.495 e. The van der Waals surface area contributed by atoms with Crippen molar-refractivity contribution >= 4 is 15.9 Å². The first-order valence-corrected chi connectivity index (χ1v) is 8.59. The van der Waals surface area contributed by atoms with Gasteiger partial charge in [0.05, 0.1) is 7.11 Å². The van der Waals surface area contributed by atoms with Gasteiger partial charge in [-0.25, -0.2) is 13.1 Å². The highest BCUT2D eigenvalue weighted by atomic mass is 32.2. The van der Waals surface area contributed by atoms with Crippen molar-refractivity contribution in [2.24, 2.45) is 0 Å². The fraction of sp³-hybridized carbons (Fsp3) is 0.533. The molecule has 1 aromatic carbocycles. The Balaban J connectivity index is 3.25. The van der Waals surface area contributed by atoms with E-state index in [0.29, 0.717) is 6.54 Å². The van der Waals surface area contributed by atoms with Gasteiger partial charge in [-0.05, 0) is 45.4 Å². The fourth-order valence-electron chi connectivity index (χ4n) is 1.83. The van der Waals surface area contributed by atoms with E-state index >= 15 is 0 Å². The van der Waals surface area contributed by atoms with Crippen molar-refractivity contribution < 1.29 is 17.9 Å². The van der Waals surface area contributed by atoms with Crippen LogP contribution < -0.4 is 14.8 Å². The lowest BCUT2D eigenvalue weighted by Crippen LogP contribution is -2.40. The maximum absolute atomic E-state index is 12.5. The molecule has 0 atom stereocenters. The summed E-state index contributed by atoms with van der Waals surface area (Å²) >= 11 is 0. The van der Waals surface area contributed by atoms with Gasteiger partial charge in [0.2, 0.25) is 10.0 Å². The van der Waals surface area contributed by atoms with Crippen molar-refractivity contribution in [2.45, 2.75) is 44.6 Å². The first kappa shape index (κ1) is 18.4. The van der Waals surface area contributed by atoms with Gasteiger partial charge in [-0.15, -0.1) is 0 Å². The number of carbonyl (C=O) groups is 1. The number of rotatable bonds is 6. The minimum absolute atomic E-state index is 0.0472. The van der Waals surface area contributed by atoms with E-state index in [-0.39, 0.29) is 22.1 Å². The molecular weight excluding hydrogens is 304 g/mol. The van der Waals surface area contributed by atoms with E-state index in [1.54, 1.807) is 26.8 Å². The van der Waals surface area contributed by atoms with Gasteiger partial charge in [-0.1, -0.05) is 6.92 Å². The summed E-state index contributed by atoms with van der Waals surface area (Å²) in [6, 6.07) is 4.36. The Morgan fingerprint density at radius 2 is 1.91 bits per heavy atom. The molecule has 0 spiro atoms. The number of amides is 1. The molecule has 0 saturated carbocycles. The van der Waals surface area contributed by atoms with Crippen LogP contribution in [0.1, 0.15) is 44.5 Å². The first-order valence-electron chi connectivity index (χ1n) is 7.11. The summed E-state index contributed by atoms with van der Waals surface area (Å²) in [6.07, 6.45) is 0.804. The topological polar surface area (TPSA) is 84.5 Å². The second-order valence-electron chi connectivity index (χ2n) is 5.98. The summed E-state index contributed by atoms with van der Waals surface area (Å²) in [4.78, 5) is 12.0. The van der Waals surface area contributed by atoms with Gasteiger partial charge < -0.3 is 10.1 Å². The summed E-state index contributed by atoms with van der Waals surface area (Å²) < 4.78 is 32.7. The van der Waals surface area contributed by atoms with Crippen LogP contribution in [-0.4, -0.2) is 33.5 Å². The smallest absolute Gasteiger partial charge is 0.251 e. The summed E-state index contributed by atoms with van der Waals surface area (Å²) in [5.41, 5.74) is -0.354. The Hall–Kier alpha value is -1.60. The van der Waals surface area contributed by atoms with E-state index in [9.17, 15) is 13.2 Å². The fourth-order valence-corrected chi connectivity index (χ4v) is 3.44. The molecule has 7 heteroatoms. The Bertz CT molecular complexity index is 633. The van der Waals surface area contributed by atoms with Gasteiger partial charge in [0, 0.05) is 17.6 Å². The summed E-state index contributed by atoms with van der Waals surface area (Å²) in [5, 5.41) is 2.72. The maximum Gasteiger partial charge on any atom is 0.251 e. The molecule has 0 aliphatic rings. The largest absolute Gasteiger partial charge is 0.495 e. The number of hydrogen-bond donors (Lipinski definition) is 2. The minimum atomic E-state index is -3.79. The van der Waals surface area contributed by atoms with Crippen LogP contribution in [0.2, 0.25) is 0 Å². The Labute approximate surface area is 132 Å². The van der Waals surface area contributed by atoms with Crippen LogP contribution in [-0.2, 0) is 10.0 Å². The lowest BCUT2D eigenvalue weighted by atomic mass is 10.1. The molecule has 0 saturated heterocycles. The molecule has 1 aromatic rings. The van der Waals surface area contributed by atoms with Crippen LogP contribution in [0.4, 0.5) is 0 Å². The van der Waals surface area contributed by atoms with E-state index in [1.165, 1.54) is 19.2 Å². The van der Waals surface area contributed by atoms with Crippen LogP contribution in [0.5, 0.6) is 5.75 Å². The molecule has 124 valence electrons. The second-order valence-corrected chi connectivity index (χ2v) is 7.63. The Kier molecular flexibility index (Phi) is 5.96. The molecule has 0 heterocycles. The maximum atomic E-state index is 12.5. The van der Waals surface area contributed by atoms with Crippen molar-refractivity contribution in [2.75, 3.05) is 13.7 Å².